The molecule has 7 rings (SSSR count). The highest BCUT2D eigenvalue weighted by Gasteiger charge is 2.58. The zero-order valence-corrected chi connectivity index (χ0v) is 21.2. The fourth-order valence-corrected chi connectivity index (χ4v) is 7.23. The molecule has 2 aliphatic carbocycles. The molecule has 5 nitrogen and oxygen atoms in total. The van der Waals surface area contributed by atoms with Crippen LogP contribution < -0.4 is 4.74 Å². The summed E-state index contributed by atoms with van der Waals surface area (Å²) in [4.78, 5) is 14.1. The van der Waals surface area contributed by atoms with Gasteiger partial charge in [-0.05, 0) is 19.1 Å². The molecule has 4 saturated heterocycles. The maximum Gasteiger partial charge on any atom is 0.313 e. The van der Waals surface area contributed by atoms with Crippen LogP contribution >= 0.6 is 0 Å². The maximum absolute atomic E-state index is 14.1. The number of hydrogen-bond acceptors (Lipinski definition) is 4. The topological polar surface area (TPSA) is 44.8 Å². The number of piperidine rings is 3. The molecule has 36 heavy (non-hydrogen) atoms. The van der Waals surface area contributed by atoms with Crippen molar-refractivity contribution in [1.82, 2.24) is 0 Å². The van der Waals surface area contributed by atoms with E-state index in [1.165, 1.54) is 13.1 Å². The Morgan fingerprint density at radius 3 is 2.28 bits per heavy atom. The monoisotopic (exact) mass is 488 g/mol. The minimum Gasteiger partial charge on any atom is -0.493 e. The van der Waals surface area contributed by atoms with Crippen molar-refractivity contribution in [1.29, 1.82) is 0 Å². The Morgan fingerprint density at radius 1 is 0.972 bits per heavy atom. The van der Waals surface area contributed by atoms with Crippen LogP contribution in [0.3, 0.4) is 0 Å². The number of ether oxygens (including phenoxy) is 3. The summed E-state index contributed by atoms with van der Waals surface area (Å²) in [7, 11) is 0. The predicted molar refractivity (Wildman–Crippen MR) is 139 cm³/mol. The van der Waals surface area contributed by atoms with Gasteiger partial charge in [0.05, 0.1) is 43.9 Å². The quantitative estimate of drug-likeness (QED) is 0.312. The van der Waals surface area contributed by atoms with Crippen LogP contribution in [0.1, 0.15) is 26.2 Å². The Balaban J connectivity index is 1.13. The van der Waals surface area contributed by atoms with E-state index >= 15 is 0 Å². The highest BCUT2D eigenvalue weighted by Crippen LogP contribution is 2.51. The van der Waals surface area contributed by atoms with E-state index in [-0.39, 0.29) is 36.1 Å². The molecular weight excluding hydrogens is 450 g/mol. The van der Waals surface area contributed by atoms with Gasteiger partial charge in [-0.1, -0.05) is 66.8 Å². The Labute approximate surface area is 214 Å². The first-order valence-corrected chi connectivity index (χ1v) is 13.7. The summed E-state index contributed by atoms with van der Waals surface area (Å²) in [5.74, 6) is 1.31. The highest BCUT2D eigenvalue weighted by atomic mass is 16.5. The smallest absolute Gasteiger partial charge is 0.313 e. The molecule has 0 amide bonds. The van der Waals surface area contributed by atoms with E-state index < -0.39 is 5.41 Å². The van der Waals surface area contributed by atoms with Crippen molar-refractivity contribution >= 4 is 5.97 Å². The van der Waals surface area contributed by atoms with Crippen LogP contribution in [-0.4, -0.2) is 61.6 Å². The molecule has 6 aliphatic rings. The van der Waals surface area contributed by atoms with E-state index in [4.69, 9.17) is 14.2 Å². The number of hydrogen-bond donors (Lipinski definition) is 0. The molecular formula is C31H38NO4+. The van der Waals surface area contributed by atoms with Crippen molar-refractivity contribution in [2.24, 2.45) is 23.2 Å². The molecule has 2 bridgehead atoms. The van der Waals surface area contributed by atoms with Crippen LogP contribution in [0, 0.1) is 23.2 Å². The number of benzene rings is 1. The zero-order chi connectivity index (χ0) is 24.6. The Bertz CT molecular complexity index is 1030. The number of fused-ring (bicyclic) bond motifs is 5. The van der Waals surface area contributed by atoms with E-state index in [1.807, 2.05) is 54.6 Å². The van der Waals surface area contributed by atoms with Gasteiger partial charge in [0.25, 0.3) is 0 Å². The van der Waals surface area contributed by atoms with Crippen LogP contribution in [-0.2, 0) is 14.3 Å². The number of carbonyl (C=O) groups is 1. The van der Waals surface area contributed by atoms with Gasteiger partial charge in [0.1, 0.15) is 12.3 Å². The van der Waals surface area contributed by atoms with Gasteiger partial charge in [-0.3, -0.25) is 4.79 Å². The molecule has 1 aromatic carbocycles. The standard InChI is InChI=1S/C31H38NO4/c1-31(25-12-5-7-14-27(25)35-28-15-8-6-13-26(28)31)30(33)36-29-22-32(19-16-23(29)17-20-32)18-9-21-34-24-10-3-2-4-11-24/h2-8,10-15,23,25-29H,9,16-22H2,1H3/q+1/t23?,25?,26?,27?,28?,29-,31?,32?/m0/s1. The highest BCUT2D eigenvalue weighted by molar-refractivity contribution is 5.79. The van der Waals surface area contributed by atoms with Gasteiger partial charge in [0.2, 0.25) is 0 Å². The summed E-state index contributed by atoms with van der Waals surface area (Å²) in [6.45, 7) is 7.21. The van der Waals surface area contributed by atoms with Gasteiger partial charge in [-0.15, -0.1) is 0 Å². The number of quaternary nitrogens is 1. The maximum atomic E-state index is 14.1. The first-order valence-electron chi connectivity index (χ1n) is 13.7. The Kier molecular flexibility index (Phi) is 6.38. The number of allylic oxidation sites excluding steroid dienone is 4. The van der Waals surface area contributed by atoms with E-state index in [2.05, 4.69) is 31.2 Å². The lowest BCUT2D eigenvalue weighted by molar-refractivity contribution is -0.946. The summed E-state index contributed by atoms with van der Waals surface area (Å²) in [6, 6.07) is 10.0. The summed E-state index contributed by atoms with van der Waals surface area (Å²) in [5, 5.41) is 0. The molecule has 5 atom stereocenters. The normalized spacial score (nSPS) is 39.9. The second-order valence-corrected chi connectivity index (χ2v) is 11.4. The summed E-state index contributed by atoms with van der Waals surface area (Å²) >= 11 is 0. The van der Waals surface area contributed by atoms with Crippen molar-refractivity contribution in [3.05, 3.63) is 78.9 Å². The number of rotatable bonds is 7. The SMILES string of the molecule is CC1(C(=O)O[C@H]2C[N+]3(CCCOc4ccccc4)CCC2CC3)C2C=CC=CC2OC2C=CC=CC21. The van der Waals surface area contributed by atoms with Crippen molar-refractivity contribution < 1.29 is 23.5 Å². The number of nitrogens with zero attached hydrogens (tertiary/aromatic N) is 1. The average Bonchev–Trinajstić information content (AvgIpc) is 2.92. The van der Waals surface area contributed by atoms with Crippen LogP contribution in [0.15, 0.2) is 78.9 Å². The third-order valence-electron chi connectivity index (χ3n) is 9.40. The van der Waals surface area contributed by atoms with Crippen molar-refractivity contribution in [3.63, 3.8) is 0 Å². The van der Waals surface area contributed by atoms with Gasteiger partial charge in [0, 0.05) is 37.0 Å². The Morgan fingerprint density at radius 2 is 1.61 bits per heavy atom. The molecule has 4 unspecified atom stereocenters. The predicted octanol–water partition coefficient (Wildman–Crippen LogP) is 4.87. The number of carbonyl (C=O) groups excluding carboxylic acids is 1. The van der Waals surface area contributed by atoms with Crippen molar-refractivity contribution in [3.8, 4) is 5.75 Å². The molecule has 4 fully saturated rings. The summed E-state index contributed by atoms with van der Waals surface area (Å²) in [6.07, 6.45) is 19.7. The second-order valence-electron chi connectivity index (χ2n) is 11.4. The average molecular weight is 489 g/mol. The minimum absolute atomic E-state index is 0.00200. The van der Waals surface area contributed by atoms with Crippen LogP contribution in [0.5, 0.6) is 5.75 Å². The minimum atomic E-state index is -0.656. The molecule has 4 aliphatic heterocycles. The van der Waals surface area contributed by atoms with Gasteiger partial charge >= 0.3 is 5.97 Å². The van der Waals surface area contributed by atoms with Crippen LogP contribution in [0.25, 0.3) is 0 Å². The second kappa shape index (κ2) is 9.68. The van der Waals surface area contributed by atoms with E-state index in [0.29, 0.717) is 5.92 Å². The molecule has 0 spiro atoms. The first kappa shape index (κ1) is 23.7. The molecule has 190 valence electrons. The third kappa shape index (κ3) is 4.26. The third-order valence-corrected chi connectivity index (χ3v) is 9.40. The fourth-order valence-electron chi connectivity index (χ4n) is 7.23. The van der Waals surface area contributed by atoms with Gasteiger partial charge in [-0.2, -0.15) is 0 Å². The number of para-hydroxylation sites is 1. The van der Waals surface area contributed by atoms with Gasteiger partial charge < -0.3 is 18.7 Å². The summed E-state index contributed by atoms with van der Waals surface area (Å²) in [5.41, 5.74) is -0.656. The molecule has 0 N–H and O–H groups in total. The molecule has 4 heterocycles. The van der Waals surface area contributed by atoms with E-state index in [1.54, 1.807) is 0 Å². The van der Waals surface area contributed by atoms with Gasteiger partial charge in [-0.25, -0.2) is 0 Å². The fraction of sp³-hybridized carbons (Fsp3) is 0.516. The van der Waals surface area contributed by atoms with Crippen LogP contribution in [0.4, 0.5) is 0 Å². The largest absolute Gasteiger partial charge is 0.493 e. The van der Waals surface area contributed by atoms with Gasteiger partial charge in [0.15, 0.2) is 6.10 Å². The zero-order valence-electron chi connectivity index (χ0n) is 21.2. The van der Waals surface area contributed by atoms with E-state index in [0.717, 1.165) is 49.2 Å². The van der Waals surface area contributed by atoms with Crippen LogP contribution in [0.2, 0.25) is 0 Å². The lowest BCUT2D eigenvalue weighted by Crippen LogP contribution is -2.65. The molecule has 0 radical (unpaired) electrons. The summed E-state index contributed by atoms with van der Waals surface area (Å²) < 4.78 is 19.9. The molecule has 0 saturated carbocycles. The van der Waals surface area contributed by atoms with Crippen molar-refractivity contribution in [2.45, 2.75) is 44.5 Å². The molecule has 1 aromatic rings. The lowest BCUT2D eigenvalue weighted by atomic mass is 9.60. The lowest BCUT2D eigenvalue weighted by Gasteiger charge is -2.54. The number of esters is 1. The molecule has 5 heteroatoms. The molecule has 0 aromatic heterocycles. The first-order chi connectivity index (χ1) is 17.6. The van der Waals surface area contributed by atoms with Crippen molar-refractivity contribution in [2.75, 3.05) is 32.8 Å². The Hall–Kier alpha value is -2.63. The van der Waals surface area contributed by atoms with E-state index in [9.17, 15) is 4.79 Å².